The number of nitrogens with one attached hydrogen (secondary N) is 1. The van der Waals surface area contributed by atoms with E-state index in [1.807, 2.05) is 39.9 Å². The molecule has 0 atom stereocenters. The molecule has 2 fully saturated rings. The van der Waals surface area contributed by atoms with E-state index in [1.165, 1.54) is 19.3 Å². The van der Waals surface area contributed by atoms with Crippen molar-refractivity contribution in [1.82, 2.24) is 19.7 Å². The maximum Gasteiger partial charge on any atom is 0.317 e. The number of carbonyl (C=O) groups is 2. The van der Waals surface area contributed by atoms with Gasteiger partial charge in [-0.2, -0.15) is 0 Å². The van der Waals surface area contributed by atoms with Gasteiger partial charge in [-0.15, -0.1) is 0 Å². The lowest BCUT2D eigenvalue weighted by Crippen LogP contribution is -2.47. The van der Waals surface area contributed by atoms with E-state index in [9.17, 15) is 9.59 Å². The lowest BCUT2D eigenvalue weighted by Gasteiger charge is -2.27. The van der Waals surface area contributed by atoms with Gasteiger partial charge < -0.3 is 19.7 Å². The van der Waals surface area contributed by atoms with E-state index in [0.29, 0.717) is 25.6 Å². The lowest BCUT2D eigenvalue weighted by atomic mass is 9.96. The zero-order valence-corrected chi connectivity index (χ0v) is 15.2. The first-order chi connectivity index (χ1) is 12.1. The van der Waals surface area contributed by atoms with E-state index in [4.69, 9.17) is 0 Å². The molecular formula is C19H30N4O2. The second kappa shape index (κ2) is 8.41. The molecule has 1 aromatic heterocycles. The van der Waals surface area contributed by atoms with Crippen molar-refractivity contribution in [1.29, 1.82) is 0 Å². The fourth-order valence-electron chi connectivity index (χ4n) is 3.83. The monoisotopic (exact) mass is 346 g/mol. The van der Waals surface area contributed by atoms with Crippen LogP contribution in [0.25, 0.3) is 0 Å². The molecule has 0 aromatic carbocycles. The van der Waals surface area contributed by atoms with Crippen molar-refractivity contribution < 1.29 is 9.59 Å². The predicted molar refractivity (Wildman–Crippen MR) is 97.3 cm³/mol. The largest absolute Gasteiger partial charge is 0.357 e. The summed E-state index contributed by atoms with van der Waals surface area (Å²) in [5, 5.41) is 3.18. The Hall–Kier alpha value is -1.98. The van der Waals surface area contributed by atoms with Crippen molar-refractivity contribution in [2.75, 3.05) is 26.2 Å². The first-order valence-electron chi connectivity index (χ1n) is 9.56. The zero-order chi connectivity index (χ0) is 17.6. The number of urea groups is 1. The van der Waals surface area contributed by atoms with Crippen LogP contribution in [0.15, 0.2) is 18.5 Å². The summed E-state index contributed by atoms with van der Waals surface area (Å²) in [6, 6.07) is 2.36. The van der Waals surface area contributed by atoms with Crippen molar-refractivity contribution in [3.63, 3.8) is 0 Å². The minimum atomic E-state index is 0.0456. The summed E-state index contributed by atoms with van der Waals surface area (Å²) >= 11 is 0. The minimum absolute atomic E-state index is 0.0456. The third-order valence-corrected chi connectivity index (χ3v) is 5.32. The normalized spacial score (nSPS) is 19.6. The summed E-state index contributed by atoms with van der Waals surface area (Å²) in [4.78, 5) is 28.8. The number of nitrogens with zero attached hydrogens (tertiary/aromatic N) is 3. The van der Waals surface area contributed by atoms with Gasteiger partial charge in [-0.3, -0.25) is 4.79 Å². The molecule has 3 rings (SSSR count). The van der Waals surface area contributed by atoms with Gasteiger partial charge >= 0.3 is 6.03 Å². The maximum absolute atomic E-state index is 12.5. The van der Waals surface area contributed by atoms with Crippen LogP contribution < -0.4 is 5.32 Å². The topological polar surface area (TPSA) is 57.6 Å². The molecule has 1 saturated heterocycles. The highest BCUT2D eigenvalue weighted by Gasteiger charge is 2.24. The molecule has 0 spiro atoms. The lowest BCUT2D eigenvalue weighted by molar-refractivity contribution is -0.130. The van der Waals surface area contributed by atoms with E-state index in [1.54, 1.807) is 0 Å². The molecule has 1 aromatic rings. The van der Waals surface area contributed by atoms with Crippen molar-refractivity contribution in [3.05, 3.63) is 24.0 Å². The number of amides is 3. The molecule has 6 nitrogen and oxygen atoms in total. The average molecular weight is 346 g/mol. The van der Waals surface area contributed by atoms with Crippen LogP contribution in [0.2, 0.25) is 0 Å². The Balaban J connectivity index is 1.47. The number of aryl methyl sites for hydroxylation is 1. The van der Waals surface area contributed by atoms with Gasteiger partial charge in [-0.25, -0.2) is 4.79 Å². The third-order valence-electron chi connectivity index (χ3n) is 5.32. The van der Waals surface area contributed by atoms with Crippen LogP contribution in [0.4, 0.5) is 4.79 Å². The van der Waals surface area contributed by atoms with Crippen LogP contribution in [0, 0.1) is 0 Å². The smallest absolute Gasteiger partial charge is 0.317 e. The summed E-state index contributed by atoms with van der Waals surface area (Å²) in [6.07, 6.45) is 11.1. The van der Waals surface area contributed by atoms with Gasteiger partial charge in [0.05, 0.1) is 6.42 Å². The van der Waals surface area contributed by atoms with Gasteiger partial charge in [-0.05, 0) is 30.9 Å². The molecule has 2 heterocycles. The molecule has 2 aliphatic rings. The van der Waals surface area contributed by atoms with Gasteiger partial charge in [0.25, 0.3) is 0 Å². The van der Waals surface area contributed by atoms with Gasteiger partial charge in [-0.1, -0.05) is 19.3 Å². The summed E-state index contributed by atoms with van der Waals surface area (Å²) in [7, 11) is 1.96. The second-order valence-electron chi connectivity index (χ2n) is 7.37. The molecule has 25 heavy (non-hydrogen) atoms. The number of carbonyl (C=O) groups excluding carboxylic acids is 2. The maximum atomic E-state index is 12.5. The van der Waals surface area contributed by atoms with Crippen LogP contribution in [0.1, 0.15) is 44.1 Å². The number of aromatic nitrogens is 1. The van der Waals surface area contributed by atoms with E-state index in [-0.39, 0.29) is 11.9 Å². The van der Waals surface area contributed by atoms with E-state index in [0.717, 1.165) is 37.9 Å². The molecular weight excluding hydrogens is 316 g/mol. The summed E-state index contributed by atoms with van der Waals surface area (Å²) in [5.74, 6) is 0.153. The Morgan fingerprint density at radius 3 is 2.48 bits per heavy atom. The zero-order valence-electron chi connectivity index (χ0n) is 15.2. The molecule has 0 unspecified atom stereocenters. The van der Waals surface area contributed by atoms with Gasteiger partial charge in [0.15, 0.2) is 0 Å². The van der Waals surface area contributed by atoms with Crippen LogP contribution in [-0.4, -0.2) is 58.5 Å². The Labute approximate surface area is 150 Å². The van der Waals surface area contributed by atoms with Crippen molar-refractivity contribution in [2.24, 2.45) is 7.05 Å². The third kappa shape index (κ3) is 5.00. The van der Waals surface area contributed by atoms with Crippen LogP contribution in [0.5, 0.6) is 0 Å². The molecule has 0 radical (unpaired) electrons. The van der Waals surface area contributed by atoms with Gasteiger partial charge in [0.1, 0.15) is 0 Å². The fourth-order valence-corrected chi connectivity index (χ4v) is 3.83. The van der Waals surface area contributed by atoms with Crippen molar-refractivity contribution in [3.8, 4) is 0 Å². The Morgan fingerprint density at radius 1 is 1.04 bits per heavy atom. The van der Waals surface area contributed by atoms with E-state index in [2.05, 4.69) is 5.32 Å². The number of hydrogen-bond acceptors (Lipinski definition) is 2. The van der Waals surface area contributed by atoms with Crippen LogP contribution in [0.3, 0.4) is 0 Å². The molecule has 1 aliphatic carbocycles. The molecule has 1 saturated carbocycles. The molecule has 138 valence electrons. The summed E-state index contributed by atoms with van der Waals surface area (Å²) in [6.45, 7) is 2.72. The number of hydrogen-bond donors (Lipinski definition) is 1. The first kappa shape index (κ1) is 17.8. The highest BCUT2D eigenvalue weighted by molar-refractivity contribution is 5.79. The molecule has 0 bridgehead atoms. The highest BCUT2D eigenvalue weighted by atomic mass is 16.2. The Kier molecular flexibility index (Phi) is 6.00. The van der Waals surface area contributed by atoms with Crippen LogP contribution in [-0.2, 0) is 18.3 Å². The average Bonchev–Trinajstić information content (AvgIpc) is 2.86. The van der Waals surface area contributed by atoms with Gasteiger partial charge in [0, 0.05) is 51.7 Å². The molecule has 1 N–H and O–H groups in total. The first-order valence-corrected chi connectivity index (χ1v) is 9.56. The number of rotatable bonds is 3. The van der Waals surface area contributed by atoms with E-state index >= 15 is 0 Å². The van der Waals surface area contributed by atoms with Gasteiger partial charge in [0.2, 0.25) is 5.91 Å². The SMILES string of the molecule is Cn1ccc(CC(=O)N2CCCN(C(=O)NC3CCCCC3)CC2)c1. The summed E-state index contributed by atoms with van der Waals surface area (Å²) < 4.78 is 1.96. The fraction of sp³-hybridized carbons (Fsp3) is 0.684. The second-order valence-corrected chi connectivity index (χ2v) is 7.37. The Bertz CT molecular complexity index is 592. The predicted octanol–water partition coefficient (Wildman–Crippen LogP) is 2.14. The molecule has 6 heteroatoms. The summed E-state index contributed by atoms with van der Waals surface area (Å²) in [5.41, 5.74) is 1.05. The minimum Gasteiger partial charge on any atom is -0.357 e. The van der Waals surface area contributed by atoms with Crippen molar-refractivity contribution >= 4 is 11.9 Å². The Morgan fingerprint density at radius 2 is 1.76 bits per heavy atom. The van der Waals surface area contributed by atoms with E-state index < -0.39 is 0 Å². The molecule has 3 amide bonds. The van der Waals surface area contributed by atoms with Crippen molar-refractivity contribution in [2.45, 2.75) is 51.0 Å². The highest BCUT2D eigenvalue weighted by Crippen LogP contribution is 2.18. The quantitative estimate of drug-likeness (QED) is 0.912. The molecule has 1 aliphatic heterocycles. The standard InChI is InChI=1S/C19H30N4O2/c1-21-11-8-16(15-21)14-18(24)22-9-5-10-23(13-12-22)19(25)20-17-6-3-2-4-7-17/h8,11,15,17H,2-7,9-10,12-14H2,1H3,(H,20,25). The van der Waals surface area contributed by atoms with Crippen LogP contribution >= 0.6 is 0 Å².